The summed E-state index contributed by atoms with van der Waals surface area (Å²) < 4.78 is 20.0. The van der Waals surface area contributed by atoms with Gasteiger partial charge >= 0.3 is 5.97 Å². The first-order valence-corrected chi connectivity index (χ1v) is 11.9. The normalized spacial score (nSPS) is 29.4. The van der Waals surface area contributed by atoms with Crippen molar-refractivity contribution < 1.29 is 19.0 Å². The van der Waals surface area contributed by atoms with Gasteiger partial charge in [0.1, 0.15) is 12.4 Å². The number of benzene rings is 1. The van der Waals surface area contributed by atoms with Crippen LogP contribution in [0.5, 0.6) is 5.75 Å². The maximum Gasteiger partial charge on any atom is 0.360 e. The fraction of sp³-hybridized carbons (Fsp3) is 0.520. The van der Waals surface area contributed by atoms with E-state index in [2.05, 4.69) is 60.0 Å². The molecule has 0 N–H and O–H groups in total. The summed E-state index contributed by atoms with van der Waals surface area (Å²) in [6.07, 6.45) is 4.10. The van der Waals surface area contributed by atoms with Gasteiger partial charge in [-0.3, -0.25) is 4.68 Å². The third-order valence-corrected chi connectivity index (χ3v) is 7.98. The third-order valence-electron chi connectivity index (χ3n) is 7.40. The molecule has 2 aromatic rings. The van der Waals surface area contributed by atoms with Gasteiger partial charge < -0.3 is 14.2 Å². The molecular formula is C25H31BrN2O4. The molecule has 2 aliphatic rings. The lowest BCUT2D eigenvalue weighted by atomic mass is 9.56. The van der Waals surface area contributed by atoms with Gasteiger partial charge in [0.2, 0.25) is 0 Å². The second-order valence-corrected chi connectivity index (χ2v) is 9.86. The Labute approximate surface area is 198 Å². The van der Waals surface area contributed by atoms with Gasteiger partial charge in [-0.2, -0.15) is 5.10 Å². The number of esters is 1. The van der Waals surface area contributed by atoms with E-state index >= 15 is 0 Å². The molecular weight excluding hydrogens is 472 g/mol. The number of halogens is 1. The highest BCUT2D eigenvalue weighted by molar-refractivity contribution is 9.10. The van der Waals surface area contributed by atoms with Crippen molar-refractivity contribution in [1.29, 1.82) is 0 Å². The highest BCUT2D eigenvalue weighted by atomic mass is 79.9. The number of nitrogens with zero attached hydrogens (tertiary/aromatic N) is 2. The third kappa shape index (κ3) is 3.90. The van der Waals surface area contributed by atoms with Crippen molar-refractivity contribution >= 4 is 21.9 Å². The van der Waals surface area contributed by atoms with Crippen molar-refractivity contribution in [2.75, 3.05) is 20.3 Å². The minimum atomic E-state index is -0.405. The largest absolute Gasteiger partial charge is 0.497 e. The highest BCUT2D eigenvalue weighted by Gasteiger charge is 2.54. The van der Waals surface area contributed by atoms with Crippen LogP contribution in [0.2, 0.25) is 0 Å². The minimum Gasteiger partial charge on any atom is -0.497 e. The van der Waals surface area contributed by atoms with E-state index in [1.165, 1.54) is 5.57 Å². The SMILES string of the molecule is CCn1cc(Br)c(C(=O)OC[C@@]23CO[C@H](c4ccc(OC)cc4)[C@@H](C(C)=C[C@H]2C)[C@@H]3C)n1. The van der Waals surface area contributed by atoms with Crippen LogP contribution in [0.3, 0.4) is 0 Å². The number of aromatic nitrogens is 2. The molecule has 2 bridgehead atoms. The summed E-state index contributed by atoms with van der Waals surface area (Å²) in [5, 5.41) is 4.33. The molecule has 0 radical (unpaired) electrons. The van der Waals surface area contributed by atoms with Crippen LogP contribution in [0.1, 0.15) is 49.9 Å². The maximum atomic E-state index is 12.8. The lowest BCUT2D eigenvalue weighted by Gasteiger charge is -2.55. The van der Waals surface area contributed by atoms with Crippen LogP contribution in [0, 0.1) is 23.2 Å². The van der Waals surface area contributed by atoms with Crippen molar-refractivity contribution in [3.63, 3.8) is 0 Å². The molecule has 7 heteroatoms. The van der Waals surface area contributed by atoms with E-state index in [-0.39, 0.29) is 29.3 Å². The molecule has 32 heavy (non-hydrogen) atoms. The fourth-order valence-corrected chi connectivity index (χ4v) is 5.80. The predicted molar refractivity (Wildman–Crippen MR) is 126 cm³/mol. The first kappa shape index (κ1) is 23.1. The zero-order valence-electron chi connectivity index (χ0n) is 19.3. The number of allylic oxidation sites excluding steroid dienone is 1. The van der Waals surface area contributed by atoms with Crippen LogP contribution < -0.4 is 4.74 Å². The Morgan fingerprint density at radius 3 is 2.66 bits per heavy atom. The number of carbonyl (C=O) groups is 1. The summed E-state index contributed by atoms with van der Waals surface area (Å²) in [5.74, 6) is 1.17. The molecule has 2 heterocycles. The molecule has 1 fully saturated rings. The number of methoxy groups -OCH3 is 1. The zero-order chi connectivity index (χ0) is 23.0. The predicted octanol–water partition coefficient (Wildman–Crippen LogP) is 5.44. The molecule has 0 unspecified atom stereocenters. The van der Waals surface area contributed by atoms with Crippen LogP contribution in [0.15, 0.2) is 46.6 Å². The Morgan fingerprint density at radius 1 is 1.31 bits per heavy atom. The Kier molecular flexibility index (Phi) is 6.50. The Bertz CT molecular complexity index is 1020. The van der Waals surface area contributed by atoms with Crippen LogP contribution in [-0.4, -0.2) is 36.1 Å². The molecule has 172 valence electrons. The zero-order valence-corrected chi connectivity index (χ0v) is 20.9. The molecule has 0 spiro atoms. The summed E-state index contributed by atoms with van der Waals surface area (Å²) >= 11 is 3.42. The maximum absolute atomic E-state index is 12.8. The standard InChI is InChI=1S/C25H31BrN2O4/c1-6-28-12-20(26)22(27-28)24(29)32-14-25-13-31-23(18-7-9-19(30-5)10-8-18)21(17(25)4)15(2)11-16(25)3/h7-12,16-17,21,23H,6,13-14H2,1-5H3/t16-,17+,21+,23-,25+/m1/s1. The van der Waals surface area contributed by atoms with Gasteiger partial charge in [-0.05, 0) is 59.3 Å². The molecule has 1 aromatic carbocycles. The molecule has 4 rings (SSSR count). The quantitative estimate of drug-likeness (QED) is 0.388. The number of hydrogen-bond acceptors (Lipinski definition) is 5. The van der Waals surface area contributed by atoms with Crippen LogP contribution >= 0.6 is 15.9 Å². The number of ether oxygens (including phenoxy) is 3. The summed E-state index contributed by atoms with van der Waals surface area (Å²) in [5.41, 5.74) is 2.51. The average molecular weight is 503 g/mol. The van der Waals surface area contributed by atoms with Crippen LogP contribution in [0.4, 0.5) is 0 Å². The van der Waals surface area contributed by atoms with Crippen molar-refractivity contribution in [1.82, 2.24) is 9.78 Å². The number of aryl methyl sites for hydroxylation is 1. The second kappa shape index (κ2) is 9.02. The molecule has 5 atom stereocenters. The Balaban J connectivity index is 1.56. The van der Waals surface area contributed by atoms with E-state index in [9.17, 15) is 4.79 Å². The minimum absolute atomic E-state index is 0.0297. The smallest absolute Gasteiger partial charge is 0.360 e. The van der Waals surface area contributed by atoms with Crippen LogP contribution in [-0.2, 0) is 16.0 Å². The summed E-state index contributed by atoms with van der Waals surface area (Å²) in [4.78, 5) is 12.8. The molecule has 1 saturated heterocycles. The highest BCUT2D eigenvalue weighted by Crippen LogP contribution is 2.56. The van der Waals surface area contributed by atoms with Crippen LogP contribution in [0.25, 0.3) is 0 Å². The molecule has 1 aliphatic carbocycles. The average Bonchev–Trinajstić information content (AvgIpc) is 3.17. The van der Waals surface area contributed by atoms with Crippen molar-refractivity contribution in [2.45, 2.75) is 40.3 Å². The first-order valence-electron chi connectivity index (χ1n) is 11.1. The van der Waals surface area contributed by atoms with E-state index in [1.807, 2.05) is 19.1 Å². The van der Waals surface area contributed by atoms with Gasteiger partial charge in [0.25, 0.3) is 0 Å². The van der Waals surface area contributed by atoms with Gasteiger partial charge in [0.15, 0.2) is 5.69 Å². The van der Waals surface area contributed by atoms with E-state index in [4.69, 9.17) is 14.2 Å². The molecule has 1 aliphatic heterocycles. The molecule has 1 aromatic heterocycles. The van der Waals surface area contributed by atoms with Gasteiger partial charge in [-0.25, -0.2) is 4.79 Å². The van der Waals surface area contributed by atoms with E-state index in [0.717, 1.165) is 11.3 Å². The van der Waals surface area contributed by atoms with Gasteiger partial charge in [0.05, 0.1) is 24.3 Å². The summed E-state index contributed by atoms with van der Waals surface area (Å²) in [7, 11) is 1.67. The van der Waals surface area contributed by atoms with Crippen molar-refractivity contribution in [2.24, 2.45) is 23.2 Å². The topological polar surface area (TPSA) is 62.6 Å². The van der Waals surface area contributed by atoms with Gasteiger partial charge in [-0.1, -0.05) is 37.6 Å². The Hall–Kier alpha value is -2.12. The number of hydrogen-bond donors (Lipinski definition) is 0. The van der Waals surface area contributed by atoms with Crippen molar-refractivity contribution in [3.8, 4) is 5.75 Å². The lowest BCUT2D eigenvalue weighted by molar-refractivity contribution is -0.166. The summed E-state index contributed by atoms with van der Waals surface area (Å²) in [6, 6.07) is 8.11. The first-order chi connectivity index (χ1) is 15.3. The van der Waals surface area contributed by atoms with Crippen molar-refractivity contribution in [3.05, 3.63) is 57.8 Å². The molecule has 6 nitrogen and oxygen atoms in total. The molecule has 0 saturated carbocycles. The van der Waals surface area contributed by atoms with E-state index in [1.54, 1.807) is 18.0 Å². The number of rotatable bonds is 6. The van der Waals surface area contributed by atoms with Gasteiger partial charge in [-0.15, -0.1) is 0 Å². The number of fused-ring (bicyclic) bond motifs is 2. The lowest BCUT2D eigenvalue weighted by Crippen LogP contribution is -2.54. The van der Waals surface area contributed by atoms with E-state index < -0.39 is 5.97 Å². The van der Waals surface area contributed by atoms with Gasteiger partial charge in [0, 0.05) is 24.1 Å². The summed E-state index contributed by atoms with van der Waals surface area (Å²) in [6.45, 7) is 10.2. The van der Waals surface area contributed by atoms with E-state index in [0.29, 0.717) is 29.9 Å². The number of carbonyl (C=O) groups excluding carboxylic acids is 1. The fourth-order valence-electron chi connectivity index (χ4n) is 5.32. The molecule has 0 amide bonds. The second-order valence-electron chi connectivity index (χ2n) is 9.01. The monoisotopic (exact) mass is 502 g/mol. The Morgan fingerprint density at radius 2 is 2.03 bits per heavy atom.